The third kappa shape index (κ3) is 7.63. The molecule has 0 aromatic heterocycles. The number of carbonyl (C=O) groups is 1. The first kappa shape index (κ1) is 33.2. The molecule has 1 saturated heterocycles. The fourth-order valence-electron chi connectivity index (χ4n) is 8.69. The van der Waals surface area contributed by atoms with Crippen LogP contribution >= 0.6 is 0 Å². The molecule has 0 radical (unpaired) electrons. The zero-order valence-corrected chi connectivity index (χ0v) is 29.5. The van der Waals surface area contributed by atoms with E-state index in [0.29, 0.717) is 29.5 Å². The van der Waals surface area contributed by atoms with Crippen molar-refractivity contribution in [1.82, 2.24) is 0 Å². The van der Waals surface area contributed by atoms with Gasteiger partial charge in [0.1, 0.15) is 11.5 Å². The van der Waals surface area contributed by atoms with E-state index in [4.69, 9.17) is 13.9 Å². The van der Waals surface area contributed by atoms with Crippen molar-refractivity contribution in [2.45, 2.75) is 161 Å². The lowest BCUT2D eigenvalue weighted by Gasteiger charge is -2.48. The van der Waals surface area contributed by atoms with Crippen LogP contribution in [0.5, 0.6) is 5.75 Å². The van der Waals surface area contributed by atoms with Crippen molar-refractivity contribution in [2.24, 2.45) is 23.2 Å². The number of fused-ring (bicyclic) bond motifs is 5. The van der Waals surface area contributed by atoms with Gasteiger partial charge in [-0.2, -0.15) is 0 Å². The number of rotatable bonds is 13. The minimum absolute atomic E-state index is 0.0543. The van der Waals surface area contributed by atoms with Gasteiger partial charge < -0.3 is 13.9 Å². The van der Waals surface area contributed by atoms with Crippen LogP contribution < -0.4 is 4.43 Å². The number of hydrogen-bond acceptors (Lipinski definition) is 4. The number of aryl methyl sites for hydroxylation is 1. The van der Waals surface area contributed by atoms with E-state index in [0.717, 1.165) is 57.5 Å². The SMILES string of the molecule is CC(C)(C)[Si](C)(C)Oc1ccc2c(c1)CC[C@@H]1[C@@H]2CC[C@]2(C)C(=O)C(CCCCCCCCCOC3CCCCO3)C[C@@H]12. The van der Waals surface area contributed by atoms with Crippen LogP contribution in [0.4, 0.5) is 0 Å². The van der Waals surface area contributed by atoms with Crippen LogP contribution in [0.2, 0.25) is 18.1 Å². The summed E-state index contributed by atoms with van der Waals surface area (Å²) < 4.78 is 18.2. The summed E-state index contributed by atoms with van der Waals surface area (Å²) in [5.41, 5.74) is 2.98. The maximum Gasteiger partial charge on any atom is 0.250 e. The lowest BCUT2D eigenvalue weighted by atomic mass is 9.55. The van der Waals surface area contributed by atoms with E-state index in [1.807, 2.05) is 0 Å². The minimum atomic E-state index is -1.85. The molecule has 0 spiro atoms. The zero-order chi connectivity index (χ0) is 30.7. The van der Waals surface area contributed by atoms with Gasteiger partial charge in [0, 0.05) is 24.5 Å². The largest absolute Gasteiger partial charge is 0.543 e. The fourth-order valence-corrected chi connectivity index (χ4v) is 9.72. The molecule has 4 aliphatic rings. The lowest BCUT2D eigenvalue weighted by molar-refractivity contribution is -0.162. The van der Waals surface area contributed by atoms with E-state index < -0.39 is 8.32 Å². The van der Waals surface area contributed by atoms with E-state index in [2.05, 4.69) is 59.0 Å². The highest BCUT2D eigenvalue weighted by Gasteiger charge is 2.57. The number of hydrogen-bond donors (Lipinski definition) is 0. The van der Waals surface area contributed by atoms with Crippen LogP contribution in [-0.4, -0.2) is 33.6 Å². The maximum absolute atomic E-state index is 13.8. The smallest absolute Gasteiger partial charge is 0.250 e. The van der Waals surface area contributed by atoms with Gasteiger partial charge in [0.25, 0.3) is 0 Å². The molecule has 0 amide bonds. The predicted octanol–water partition coefficient (Wildman–Crippen LogP) is 10.4. The molecule has 2 saturated carbocycles. The van der Waals surface area contributed by atoms with Crippen LogP contribution in [0, 0.1) is 23.2 Å². The summed E-state index contributed by atoms with van der Waals surface area (Å²) in [7, 11) is -1.85. The minimum Gasteiger partial charge on any atom is -0.543 e. The van der Waals surface area contributed by atoms with E-state index in [1.54, 1.807) is 5.56 Å². The Kier molecular flexibility index (Phi) is 10.9. The highest BCUT2D eigenvalue weighted by atomic mass is 28.4. The second-order valence-corrected chi connectivity index (χ2v) is 21.0. The maximum atomic E-state index is 13.8. The Morgan fingerprint density at radius 1 is 0.977 bits per heavy atom. The first-order valence-corrected chi connectivity index (χ1v) is 21.0. The summed E-state index contributed by atoms with van der Waals surface area (Å²) in [5.74, 6) is 3.84. The molecule has 6 atom stereocenters. The third-order valence-electron chi connectivity index (χ3n) is 12.4. The molecule has 3 fully saturated rings. The first-order chi connectivity index (χ1) is 20.5. The normalized spacial score (nSPS) is 30.9. The molecule has 4 nitrogen and oxygen atoms in total. The molecule has 5 rings (SSSR count). The topological polar surface area (TPSA) is 44.8 Å². The summed E-state index contributed by atoms with van der Waals surface area (Å²) >= 11 is 0. The molecular weight excluding hydrogens is 549 g/mol. The Balaban J connectivity index is 1.05. The van der Waals surface area contributed by atoms with Gasteiger partial charge in [-0.15, -0.1) is 0 Å². The lowest BCUT2D eigenvalue weighted by Crippen LogP contribution is -2.44. The van der Waals surface area contributed by atoms with E-state index in [1.165, 1.54) is 69.8 Å². The Bertz CT molecular complexity index is 1070. The number of unbranched alkanes of at least 4 members (excludes halogenated alkanes) is 6. The van der Waals surface area contributed by atoms with Gasteiger partial charge in [0.05, 0.1) is 0 Å². The van der Waals surface area contributed by atoms with Gasteiger partial charge in [-0.05, 0) is 123 Å². The monoisotopic (exact) mass is 610 g/mol. The second-order valence-electron chi connectivity index (χ2n) is 16.3. The molecule has 242 valence electrons. The van der Waals surface area contributed by atoms with Crippen LogP contribution in [-0.2, 0) is 20.7 Å². The number of ether oxygens (including phenoxy) is 2. The van der Waals surface area contributed by atoms with Crippen LogP contribution in [0.15, 0.2) is 18.2 Å². The molecular formula is C38H62O4Si. The van der Waals surface area contributed by atoms with Crippen molar-refractivity contribution in [3.05, 3.63) is 29.3 Å². The summed E-state index contributed by atoms with van der Waals surface area (Å²) in [6.07, 6.45) is 19.2. The molecule has 0 bridgehead atoms. The second kappa shape index (κ2) is 14.1. The zero-order valence-electron chi connectivity index (χ0n) is 28.5. The quantitative estimate of drug-likeness (QED) is 0.165. The number of Topliss-reactive ketones (excluding diaryl/α,β-unsaturated/α-hetero) is 1. The molecule has 3 aliphatic carbocycles. The van der Waals surface area contributed by atoms with E-state index in [-0.39, 0.29) is 16.7 Å². The summed E-state index contributed by atoms with van der Waals surface area (Å²) in [5, 5.41) is 0.202. The molecule has 1 aliphatic heterocycles. The van der Waals surface area contributed by atoms with E-state index in [9.17, 15) is 4.79 Å². The average Bonchev–Trinajstić information content (AvgIpc) is 3.23. The van der Waals surface area contributed by atoms with Crippen molar-refractivity contribution in [3.8, 4) is 5.75 Å². The van der Waals surface area contributed by atoms with Crippen molar-refractivity contribution in [2.75, 3.05) is 13.2 Å². The van der Waals surface area contributed by atoms with Gasteiger partial charge in [-0.3, -0.25) is 4.79 Å². The van der Waals surface area contributed by atoms with Gasteiger partial charge in [0.15, 0.2) is 6.29 Å². The Morgan fingerprint density at radius 2 is 1.72 bits per heavy atom. The van der Waals surface area contributed by atoms with Crippen molar-refractivity contribution in [1.29, 1.82) is 0 Å². The first-order valence-electron chi connectivity index (χ1n) is 18.1. The highest BCUT2D eigenvalue weighted by Crippen LogP contribution is 2.61. The molecule has 0 N–H and O–H groups in total. The summed E-state index contributed by atoms with van der Waals surface area (Å²) in [6, 6.07) is 7.00. The molecule has 1 aromatic carbocycles. The molecule has 1 heterocycles. The number of benzene rings is 1. The van der Waals surface area contributed by atoms with Crippen LogP contribution in [0.25, 0.3) is 0 Å². The molecule has 2 unspecified atom stereocenters. The van der Waals surface area contributed by atoms with Crippen molar-refractivity contribution >= 4 is 14.1 Å². The van der Waals surface area contributed by atoms with Crippen LogP contribution in [0.3, 0.4) is 0 Å². The number of carbonyl (C=O) groups excluding carboxylic acids is 1. The van der Waals surface area contributed by atoms with Crippen molar-refractivity contribution in [3.63, 3.8) is 0 Å². The Labute approximate surface area is 264 Å². The summed E-state index contributed by atoms with van der Waals surface area (Å²) in [4.78, 5) is 13.8. The Hall–Kier alpha value is -1.17. The summed E-state index contributed by atoms with van der Waals surface area (Å²) in [6.45, 7) is 15.7. The highest BCUT2D eigenvalue weighted by molar-refractivity contribution is 6.74. The number of ketones is 1. The van der Waals surface area contributed by atoms with Crippen molar-refractivity contribution < 1.29 is 18.7 Å². The van der Waals surface area contributed by atoms with Gasteiger partial charge in [0.2, 0.25) is 8.32 Å². The standard InChI is InChI=1S/C38H62O4Si/c1-37(2,3)43(5,6)42-30-19-21-31-28(26-30)18-20-33-32(31)22-23-38(4)34(33)27-29(36(38)39)16-12-10-8-7-9-11-14-24-40-35-17-13-15-25-41-35/h19,21,26,29,32-35H,7-18,20,22-25,27H2,1-6H3/t29?,32-,33-,34+,35?,38+/m1/s1. The Morgan fingerprint density at radius 3 is 2.44 bits per heavy atom. The van der Waals surface area contributed by atoms with Gasteiger partial charge in [-0.25, -0.2) is 0 Å². The van der Waals surface area contributed by atoms with Gasteiger partial charge >= 0.3 is 0 Å². The predicted molar refractivity (Wildman–Crippen MR) is 179 cm³/mol. The van der Waals surface area contributed by atoms with E-state index >= 15 is 0 Å². The molecule has 1 aromatic rings. The van der Waals surface area contributed by atoms with Gasteiger partial charge in [-0.1, -0.05) is 72.3 Å². The molecule has 43 heavy (non-hydrogen) atoms. The fraction of sp³-hybridized carbons (Fsp3) is 0.816. The molecule has 5 heteroatoms. The third-order valence-corrected chi connectivity index (χ3v) is 16.7. The average molecular weight is 611 g/mol. The van der Waals surface area contributed by atoms with Crippen LogP contribution in [0.1, 0.15) is 141 Å².